The van der Waals surface area contributed by atoms with Crippen molar-refractivity contribution < 1.29 is 13.2 Å². The molecule has 1 fully saturated rings. The van der Waals surface area contributed by atoms with Crippen LogP contribution in [0.15, 0.2) is 47.4 Å². The Morgan fingerprint density at radius 3 is 2.86 bits per heavy atom. The summed E-state index contributed by atoms with van der Waals surface area (Å²) in [4.78, 5) is 13.0. The van der Waals surface area contributed by atoms with E-state index < -0.39 is 16.1 Å². The van der Waals surface area contributed by atoms with Crippen LogP contribution < -0.4 is 5.32 Å². The minimum atomic E-state index is -3.86. The Labute approximate surface area is 167 Å². The number of hydrogen-bond acceptors (Lipinski definition) is 6. The number of aromatic nitrogens is 2. The Bertz CT molecular complexity index is 1130. The number of aryl methyl sites for hydroxylation is 1. The molecule has 4 rings (SSSR count). The summed E-state index contributed by atoms with van der Waals surface area (Å²) < 4.78 is 36.2. The van der Waals surface area contributed by atoms with Gasteiger partial charge >= 0.3 is 0 Å². The predicted octanol–water partition coefficient (Wildman–Crippen LogP) is 3.05. The number of sulfonamides is 1. The number of hydrogen-bond donors (Lipinski definition) is 1. The molecule has 1 N–H and O–H groups in total. The lowest BCUT2D eigenvalue weighted by atomic mass is 10.1. The molecule has 28 heavy (non-hydrogen) atoms. The van der Waals surface area contributed by atoms with Crippen molar-refractivity contribution >= 4 is 44.4 Å². The second-order valence-electron chi connectivity index (χ2n) is 6.66. The van der Waals surface area contributed by atoms with Crippen molar-refractivity contribution in [1.29, 1.82) is 0 Å². The first-order valence-corrected chi connectivity index (χ1v) is 11.3. The standard InChI is InChI=1S/C19H20N4O3S2/c1-2-13-7-3-4-8-14(13)20-19(24)16-10-6-12-23(16)28(25,26)17-11-5-9-15-18(17)22-27-21-15/h3-5,7-9,11,16H,2,6,10,12H2,1H3,(H,20,24)/t16-/m1/s1. The highest BCUT2D eigenvalue weighted by molar-refractivity contribution is 7.89. The zero-order valence-corrected chi connectivity index (χ0v) is 17.0. The van der Waals surface area contributed by atoms with Crippen molar-refractivity contribution in [2.75, 3.05) is 11.9 Å². The van der Waals surface area contributed by atoms with Gasteiger partial charge in [-0.3, -0.25) is 4.79 Å². The van der Waals surface area contributed by atoms with Gasteiger partial charge in [0.2, 0.25) is 15.9 Å². The number of amides is 1. The second kappa shape index (κ2) is 7.57. The molecule has 1 saturated heterocycles. The fourth-order valence-corrected chi connectivity index (χ4v) is 5.98. The van der Waals surface area contributed by atoms with E-state index in [0.29, 0.717) is 30.4 Å². The maximum atomic E-state index is 13.3. The first-order valence-electron chi connectivity index (χ1n) is 9.14. The highest BCUT2D eigenvalue weighted by atomic mass is 32.2. The van der Waals surface area contributed by atoms with Crippen LogP contribution in [0.5, 0.6) is 0 Å². The smallest absolute Gasteiger partial charge is 0.246 e. The first kappa shape index (κ1) is 19.0. The molecule has 7 nitrogen and oxygen atoms in total. The number of carbonyl (C=O) groups is 1. The lowest BCUT2D eigenvalue weighted by Gasteiger charge is -2.24. The van der Waals surface area contributed by atoms with Crippen molar-refractivity contribution in [1.82, 2.24) is 13.1 Å². The van der Waals surface area contributed by atoms with E-state index in [-0.39, 0.29) is 10.8 Å². The highest BCUT2D eigenvalue weighted by Gasteiger charge is 2.40. The van der Waals surface area contributed by atoms with Gasteiger partial charge in [0.25, 0.3) is 0 Å². The summed E-state index contributed by atoms with van der Waals surface area (Å²) in [5.74, 6) is -0.300. The molecule has 0 spiro atoms. The van der Waals surface area contributed by atoms with Crippen molar-refractivity contribution in [2.45, 2.75) is 37.1 Å². The molecule has 1 aliphatic rings. The van der Waals surface area contributed by atoms with Crippen molar-refractivity contribution in [2.24, 2.45) is 0 Å². The van der Waals surface area contributed by atoms with Gasteiger partial charge < -0.3 is 5.32 Å². The summed E-state index contributed by atoms with van der Waals surface area (Å²) >= 11 is 0.976. The Balaban J connectivity index is 1.64. The van der Waals surface area contributed by atoms with Crippen LogP contribution in [-0.2, 0) is 21.2 Å². The normalized spacial score (nSPS) is 17.8. The Hall–Kier alpha value is -2.36. The average Bonchev–Trinajstić information content (AvgIpc) is 3.37. The van der Waals surface area contributed by atoms with E-state index in [9.17, 15) is 13.2 Å². The molecule has 0 aliphatic carbocycles. The molecule has 3 aromatic rings. The fraction of sp³-hybridized carbons (Fsp3) is 0.316. The van der Waals surface area contributed by atoms with Crippen molar-refractivity contribution in [3.8, 4) is 0 Å². The summed E-state index contributed by atoms with van der Waals surface area (Å²) in [6.07, 6.45) is 1.91. The molecule has 2 aromatic carbocycles. The number of anilines is 1. The number of nitrogens with one attached hydrogen (secondary N) is 1. The number of fused-ring (bicyclic) bond motifs is 1. The topological polar surface area (TPSA) is 92.3 Å². The van der Waals surface area contributed by atoms with Gasteiger partial charge in [0.15, 0.2) is 0 Å². The lowest BCUT2D eigenvalue weighted by Crippen LogP contribution is -2.43. The van der Waals surface area contributed by atoms with Gasteiger partial charge in [-0.2, -0.15) is 13.1 Å². The third-order valence-corrected chi connectivity index (χ3v) is 7.48. The second-order valence-corrected chi connectivity index (χ2v) is 9.05. The van der Waals surface area contributed by atoms with Gasteiger partial charge in [-0.15, -0.1) is 0 Å². The van der Waals surface area contributed by atoms with Gasteiger partial charge in [-0.25, -0.2) is 8.42 Å². The van der Waals surface area contributed by atoms with Crippen LogP contribution in [0.2, 0.25) is 0 Å². The third kappa shape index (κ3) is 3.30. The summed E-state index contributed by atoms with van der Waals surface area (Å²) in [6, 6.07) is 11.7. The SMILES string of the molecule is CCc1ccccc1NC(=O)[C@H]1CCCN1S(=O)(=O)c1cccc2nsnc12. The van der Waals surface area contributed by atoms with E-state index in [2.05, 4.69) is 14.1 Å². The van der Waals surface area contributed by atoms with E-state index in [0.717, 1.165) is 29.4 Å². The number of carbonyl (C=O) groups excluding carboxylic acids is 1. The molecular weight excluding hydrogens is 396 g/mol. The molecule has 9 heteroatoms. The van der Waals surface area contributed by atoms with Crippen LogP contribution in [0.4, 0.5) is 5.69 Å². The van der Waals surface area contributed by atoms with Crippen molar-refractivity contribution in [3.05, 3.63) is 48.0 Å². The van der Waals surface area contributed by atoms with E-state index >= 15 is 0 Å². The monoisotopic (exact) mass is 416 g/mol. The minimum Gasteiger partial charge on any atom is -0.324 e. The molecule has 1 amide bonds. The highest BCUT2D eigenvalue weighted by Crippen LogP contribution is 2.30. The summed E-state index contributed by atoms with van der Waals surface area (Å²) in [7, 11) is -3.86. The van der Waals surface area contributed by atoms with Gasteiger partial charge in [0.05, 0.1) is 11.7 Å². The van der Waals surface area contributed by atoms with Gasteiger partial charge in [0.1, 0.15) is 22.0 Å². The molecule has 0 radical (unpaired) electrons. The third-order valence-electron chi connectivity index (χ3n) is 5.00. The van der Waals surface area contributed by atoms with E-state index in [1.807, 2.05) is 31.2 Å². The zero-order chi connectivity index (χ0) is 19.7. The van der Waals surface area contributed by atoms with Crippen LogP contribution >= 0.6 is 11.7 Å². The molecular formula is C19H20N4O3S2. The zero-order valence-electron chi connectivity index (χ0n) is 15.3. The number of para-hydroxylation sites is 1. The van der Waals surface area contributed by atoms with Gasteiger partial charge in [-0.05, 0) is 43.0 Å². The van der Waals surface area contributed by atoms with E-state index in [4.69, 9.17) is 0 Å². The molecule has 0 unspecified atom stereocenters. The molecule has 0 saturated carbocycles. The van der Waals surface area contributed by atoms with Crippen LogP contribution in [-0.4, -0.2) is 40.0 Å². The van der Waals surface area contributed by atoms with Crippen molar-refractivity contribution in [3.63, 3.8) is 0 Å². The van der Waals surface area contributed by atoms with Crippen LogP contribution in [0.1, 0.15) is 25.3 Å². The maximum Gasteiger partial charge on any atom is 0.246 e. The molecule has 2 heterocycles. The maximum absolute atomic E-state index is 13.3. The predicted molar refractivity (Wildman–Crippen MR) is 109 cm³/mol. The van der Waals surface area contributed by atoms with Crippen LogP contribution in [0.25, 0.3) is 11.0 Å². The molecule has 1 aromatic heterocycles. The number of benzene rings is 2. The minimum absolute atomic E-state index is 0.104. The summed E-state index contributed by atoms with van der Waals surface area (Å²) in [5, 5.41) is 2.92. The molecule has 146 valence electrons. The number of rotatable bonds is 5. The molecule has 1 atom stereocenters. The Morgan fingerprint density at radius 2 is 2.04 bits per heavy atom. The van der Waals surface area contributed by atoms with E-state index in [1.165, 1.54) is 10.4 Å². The quantitative estimate of drug-likeness (QED) is 0.690. The number of nitrogens with zero attached hydrogens (tertiary/aromatic N) is 3. The van der Waals surface area contributed by atoms with Crippen LogP contribution in [0, 0.1) is 0 Å². The summed E-state index contributed by atoms with van der Waals surface area (Å²) in [5.41, 5.74) is 2.64. The van der Waals surface area contributed by atoms with E-state index in [1.54, 1.807) is 12.1 Å². The fourth-order valence-electron chi connectivity index (χ4n) is 3.57. The summed E-state index contributed by atoms with van der Waals surface area (Å²) in [6.45, 7) is 2.32. The Kier molecular flexibility index (Phi) is 5.13. The first-order chi connectivity index (χ1) is 13.5. The average molecular weight is 417 g/mol. The van der Waals surface area contributed by atoms with Gasteiger partial charge in [-0.1, -0.05) is 31.2 Å². The molecule has 0 bridgehead atoms. The van der Waals surface area contributed by atoms with Gasteiger partial charge in [0, 0.05) is 12.2 Å². The van der Waals surface area contributed by atoms with Crippen LogP contribution in [0.3, 0.4) is 0 Å². The largest absolute Gasteiger partial charge is 0.324 e. The lowest BCUT2D eigenvalue weighted by molar-refractivity contribution is -0.119. The Morgan fingerprint density at radius 1 is 1.21 bits per heavy atom. The molecule has 1 aliphatic heterocycles.